The van der Waals surface area contributed by atoms with Crippen LogP contribution in [0.15, 0.2) is 18.5 Å². The van der Waals surface area contributed by atoms with Crippen LogP contribution < -0.4 is 11.1 Å². The number of nitrogens with one attached hydrogen (secondary N) is 1. The van der Waals surface area contributed by atoms with Crippen molar-refractivity contribution in [2.75, 3.05) is 18.4 Å². The van der Waals surface area contributed by atoms with Crippen molar-refractivity contribution in [2.45, 2.75) is 32.6 Å². The SMILES string of the molecule is Cc1cnccc1NCC1CCC(CN)CC1. The van der Waals surface area contributed by atoms with E-state index in [4.69, 9.17) is 5.73 Å². The zero-order chi connectivity index (χ0) is 12.1. The molecule has 2 rings (SSSR count). The first-order valence-electron chi connectivity index (χ1n) is 6.64. The molecule has 1 aromatic rings. The van der Waals surface area contributed by atoms with E-state index in [1.807, 2.05) is 12.4 Å². The van der Waals surface area contributed by atoms with Gasteiger partial charge in [0.15, 0.2) is 0 Å². The highest BCUT2D eigenvalue weighted by Crippen LogP contribution is 2.28. The Kier molecular flexibility index (Phi) is 4.37. The zero-order valence-corrected chi connectivity index (χ0v) is 10.7. The molecule has 3 nitrogen and oxygen atoms in total. The van der Waals surface area contributed by atoms with Gasteiger partial charge in [-0.05, 0) is 62.6 Å². The highest BCUT2D eigenvalue weighted by molar-refractivity contribution is 5.48. The van der Waals surface area contributed by atoms with Gasteiger partial charge in [-0.25, -0.2) is 0 Å². The summed E-state index contributed by atoms with van der Waals surface area (Å²) in [4.78, 5) is 4.11. The van der Waals surface area contributed by atoms with Crippen molar-refractivity contribution >= 4 is 5.69 Å². The number of pyridine rings is 1. The van der Waals surface area contributed by atoms with Crippen molar-refractivity contribution in [2.24, 2.45) is 17.6 Å². The van der Waals surface area contributed by atoms with Gasteiger partial charge < -0.3 is 11.1 Å². The Balaban J connectivity index is 1.78. The Morgan fingerprint density at radius 1 is 1.29 bits per heavy atom. The molecule has 1 fully saturated rings. The number of hydrogen-bond donors (Lipinski definition) is 2. The summed E-state index contributed by atoms with van der Waals surface area (Å²) in [5, 5.41) is 3.54. The number of anilines is 1. The van der Waals surface area contributed by atoms with Crippen molar-refractivity contribution in [3.8, 4) is 0 Å². The van der Waals surface area contributed by atoms with E-state index in [1.54, 1.807) is 0 Å². The highest BCUT2D eigenvalue weighted by Gasteiger charge is 2.19. The summed E-state index contributed by atoms with van der Waals surface area (Å²) in [7, 11) is 0. The molecule has 1 aliphatic carbocycles. The fraction of sp³-hybridized carbons (Fsp3) is 0.643. The summed E-state index contributed by atoms with van der Waals surface area (Å²) in [5.74, 6) is 1.58. The maximum Gasteiger partial charge on any atom is 0.0400 e. The number of aromatic nitrogens is 1. The lowest BCUT2D eigenvalue weighted by atomic mass is 9.82. The van der Waals surface area contributed by atoms with Crippen molar-refractivity contribution in [3.05, 3.63) is 24.0 Å². The van der Waals surface area contributed by atoms with Gasteiger partial charge in [-0.1, -0.05) is 0 Å². The standard InChI is InChI=1S/C14H23N3/c1-11-9-16-7-6-14(11)17-10-13-4-2-12(8-15)3-5-13/h6-7,9,12-13H,2-5,8,10,15H2,1H3,(H,16,17). The molecule has 1 saturated carbocycles. The van der Waals surface area contributed by atoms with Gasteiger partial charge in [0, 0.05) is 24.6 Å². The van der Waals surface area contributed by atoms with E-state index in [1.165, 1.54) is 36.9 Å². The van der Waals surface area contributed by atoms with Gasteiger partial charge in [-0.3, -0.25) is 4.98 Å². The molecule has 0 aliphatic heterocycles. The zero-order valence-electron chi connectivity index (χ0n) is 10.7. The van der Waals surface area contributed by atoms with Crippen LogP contribution in [0.5, 0.6) is 0 Å². The van der Waals surface area contributed by atoms with Gasteiger partial charge in [-0.2, -0.15) is 0 Å². The largest absolute Gasteiger partial charge is 0.384 e. The van der Waals surface area contributed by atoms with Gasteiger partial charge in [0.2, 0.25) is 0 Å². The van der Waals surface area contributed by atoms with Crippen molar-refractivity contribution in [1.29, 1.82) is 0 Å². The molecule has 17 heavy (non-hydrogen) atoms. The Hall–Kier alpha value is -1.09. The van der Waals surface area contributed by atoms with Crippen LogP contribution in [0.2, 0.25) is 0 Å². The molecule has 0 amide bonds. The van der Waals surface area contributed by atoms with Gasteiger partial charge in [0.1, 0.15) is 0 Å². The fourth-order valence-corrected chi connectivity index (χ4v) is 2.60. The normalized spacial score (nSPS) is 24.6. The average Bonchev–Trinajstić information content (AvgIpc) is 2.38. The van der Waals surface area contributed by atoms with Crippen LogP contribution in [0, 0.1) is 18.8 Å². The number of nitrogens with zero attached hydrogens (tertiary/aromatic N) is 1. The third-order valence-corrected chi connectivity index (χ3v) is 3.90. The van der Waals surface area contributed by atoms with Crippen LogP contribution in [0.3, 0.4) is 0 Å². The third-order valence-electron chi connectivity index (χ3n) is 3.90. The van der Waals surface area contributed by atoms with Crippen LogP contribution in [0.25, 0.3) is 0 Å². The van der Waals surface area contributed by atoms with E-state index < -0.39 is 0 Å². The molecule has 3 N–H and O–H groups in total. The lowest BCUT2D eigenvalue weighted by Gasteiger charge is -2.28. The lowest BCUT2D eigenvalue weighted by Crippen LogP contribution is -2.25. The smallest absolute Gasteiger partial charge is 0.0400 e. The molecule has 3 heteroatoms. The quantitative estimate of drug-likeness (QED) is 0.840. The Bertz CT molecular complexity index is 343. The lowest BCUT2D eigenvalue weighted by molar-refractivity contribution is 0.289. The molecule has 1 aromatic heterocycles. The average molecular weight is 233 g/mol. The second-order valence-corrected chi connectivity index (χ2v) is 5.19. The molecule has 0 bridgehead atoms. The number of hydrogen-bond acceptors (Lipinski definition) is 3. The topological polar surface area (TPSA) is 50.9 Å². The molecule has 0 aromatic carbocycles. The van der Waals surface area contributed by atoms with Gasteiger partial charge in [0.05, 0.1) is 0 Å². The molecule has 0 atom stereocenters. The van der Waals surface area contributed by atoms with E-state index in [0.717, 1.165) is 24.9 Å². The molecule has 0 unspecified atom stereocenters. The first kappa shape index (κ1) is 12.4. The van der Waals surface area contributed by atoms with Crippen molar-refractivity contribution in [1.82, 2.24) is 4.98 Å². The van der Waals surface area contributed by atoms with E-state index in [2.05, 4.69) is 23.3 Å². The molecule has 0 spiro atoms. The van der Waals surface area contributed by atoms with Gasteiger partial charge >= 0.3 is 0 Å². The van der Waals surface area contributed by atoms with Crippen LogP contribution in [-0.2, 0) is 0 Å². The first-order chi connectivity index (χ1) is 8.29. The minimum atomic E-state index is 0.772. The number of rotatable bonds is 4. The molecule has 1 heterocycles. The molecule has 0 saturated heterocycles. The number of aryl methyl sites for hydroxylation is 1. The number of nitrogens with two attached hydrogens (primary N) is 1. The summed E-state index contributed by atoms with van der Waals surface area (Å²) in [5.41, 5.74) is 8.16. The summed E-state index contributed by atoms with van der Waals surface area (Å²) >= 11 is 0. The first-order valence-corrected chi connectivity index (χ1v) is 6.64. The van der Waals surface area contributed by atoms with Crippen LogP contribution in [-0.4, -0.2) is 18.1 Å². The molecular formula is C14H23N3. The summed E-state index contributed by atoms with van der Waals surface area (Å²) in [6, 6.07) is 2.06. The Morgan fingerprint density at radius 2 is 2.00 bits per heavy atom. The van der Waals surface area contributed by atoms with Crippen molar-refractivity contribution in [3.63, 3.8) is 0 Å². The molecule has 0 radical (unpaired) electrons. The minimum absolute atomic E-state index is 0.772. The van der Waals surface area contributed by atoms with Gasteiger partial charge in [-0.15, -0.1) is 0 Å². The second-order valence-electron chi connectivity index (χ2n) is 5.19. The van der Waals surface area contributed by atoms with Crippen LogP contribution in [0.4, 0.5) is 5.69 Å². The maximum atomic E-state index is 5.71. The monoisotopic (exact) mass is 233 g/mol. The van der Waals surface area contributed by atoms with Crippen molar-refractivity contribution < 1.29 is 0 Å². The summed E-state index contributed by atoms with van der Waals surface area (Å²) in [6.07, 6.45) is 9.00. The second kappa shape index (κ2) is 6.01. The summed E-state index contributed by atoms with van der Waals surface area (Å²) < 4.78 is 0. The predicted molar refractivity (Wildman–Crippen MR) is 72.0 cm³/mol. The Labute approximate surface area is 104 Å². The molecular weight excluding hydrogens is 210 g/mol. The maximum absolute atomic E-state index is 5.71. The minimum Gasteiger partial charge on any atom is -0.384 e. The van der Waals surface area contributed by atoms with E-state index >= 15 is 0 Å². The Morgan fingerprint density at radius 3 is 2.65 bits per heavy atom. The summed E-state index contributed by atoms with van der Waals surface area (Å²) in [6.45, 7) is 4.05. The molecule has 1 aliphatic rings. The molecule has 94 valence electrons. The fourth-order valence-electron chi connectivity index (χ4n) is 2.60. The predicted octanol–water partition coefficient (Wildman–Crippen LogP) is 2.57. The third kappa shape index (κ3) is 3.43. The van der Waals surface area contributed by atoms with Crippen LogP contribution in [0.1, 0.15) is 31.2 Å². The van der Waals surface area contributed by atoms with E-state index in [0.29, 0.717) is 0 Å². The van der Waals surface area contributed by atoms with E-state index in [9.17, 15) is 0 Å². The highest BCUT2D eigenvalue weighted by atomic mass is 14.9. The van der Waals surface area contributed by atoms with Crippen LogP contribution >= 0.6 is 0 Å². The van der Waals surface area contributed by atoms with E-state index in [-0.39, 0.29) is 0 Å². The van der Waals surface area contributed by atoms with Gasteiger partial charge in [0.25, 0.3) is 0 Å².